The van der Waals surface area contributed by atoms with Crippen LogP contribution in [0.5, 0.6) is 0 Å². The Morgan fingerprint density at radius 3 is 2.74 bits per heavy atom. The van der Waals surface area contributed by atoms with E-state index in [9.17, 15) is 4.79 Å². The molecule has 1 N–H and O–H groups in total. The first kappa shape index (κ1) is 17.5. The minimum absolute atomic E-state index is 0.0383. The van der Waals surface area contributed by atoms with E-state index in [1.807, 2.05) is 34.7 Å². The van der Waals surface area contributed by atoms with Crippen molar-refractivity contribution in [2.45, 2.75) is 13.5 Å². The van der Waals surface area contributed by atoms with Gasteiger partial charge in [0.15, 0.2) is 5.13 Å². The summed E-state index contributed by atoms with van der Waals surface area (Å²) in [5, 5.41) is 6.07. The number of carbonyl (C=O) groups is 1. The number of urea groups is 1. The third kappa shape index (κ3) is 4.08. The van der Waals surface area contributed by atoms with E-state index in [2.05, 4.69) is 30.5 Å². The lowest BCUT2D eigenvalue weighted by atomic mass is 10.3. The quantitative estimate of drug-likeness (QED) is 0.746. The summed E-state index contributed by atoms with van der Waals surface area (Å²) in [6, 6.07) is 3.84. The second-order valence-electron chi connectivity index (χ2n) is 6.40. The number of hydrogen-bond donors (Lipinski definition) is 1. The van der Waals surface area contributed by atoms with E-state index < -0.39 is 0 Å². The van der Waals surface area contributed by atoms with Crippen molar-refractivity contribution in [1.29, 1.82) is 0 Å². The lowest BCUT2D eigenvalue weighted by Gasteiger charge is -2.34. The van der Waals surface area contributed by atoms with Gasteiger partial charge in [-0.3, -0.25) is 4.57 Å². The number of nitrogens with one attached hydrogen (secondary N) is 1. The number of rotatable bonds is 4. The van der Waals surface area contributed by atoms with Gasteiger partial charge >= 0.3 is 6.03 Å². The van der Waals surface area contributed by atoms with Crippen molar-refractivity contribution in [2.75, 3.05) is 31.1 Å². The Hall–Kier alpha value is -2.94. The fraction of sp³-hybridized carbons (Fsp3) is 0.333. The maximum Gasteiger partial charge on any atom is 0.317 e. The van der Waals surface area contributed by atoms with Gasteiger partial charge in [-0.05, 0) is 18.6 Å². The van der Waals surface area contributed by atoms with Crippen molar-refractivity contribution < 1.29 is 4.79 Å². The van der Waals surface area contributed by atoms with Crippen LogP contribution in [0.15, 0.2) is 42.4 Å². The largest absolute Gasteiger partial charge is 0.345 e. The van der Waals surface area contributed by atoms with Crippen LogP contribution in [0.25, 0.3) is 5.82 Å². The number of aromatic nitrogens is 4. The molecule has 8 nitrogen and oxygen atoms in total. The number of imidazole rings is 1. The number of anilines is 1. The van der Waals surface area contributed by atoms with E-state index in [0.717, 1.165) is 35.3 Å². The first-order valence-electron chi connectivity index (χ1n) is 8.82. The fourth-order valence-corrected chi connectivity index (χ4v) is 3.80. The van der Waals surface area contributed by atoms with Gasteiger partial charge in [-0.2, -0.15) is 0 Å². The predicted octanol–water partition coefficient (Wildman–Crippen LogP) is 2.06. The van der Waals surface area contributed by atoms with E-state index in [1.165, 1.54) is 0 Å². The van der Waals surface area contributed by atoms with Gasteiger partial charge in [0.05, 0.1) is 5.69 Å². The molecule has 4 heterocycles. The molecule has 0 unspecified atom stereocenters. The standard InChI is InChI=1S/C18H21N7OS/c1-14-12-27-18(22-14)24-8-6-23(7-9-24)17(26)21-11-15-2-3-16(20-10-15)25-5-4-19-13-25/h2-5,10,12-13H,6-9,11H2,1H3,(H,21,26). The van der Waals surface area contributed by atoms with Crippen LogP contribution in [-0.4, -0.2) is 56.6 Å². The second kappa shape index (κ2) is 7.75. The molecule has 0 aromatic carbocycles. The highest BCUT2D eigenvalue weighted by Crippen LogP contribution is 2.21. The smallest absolute Gasteiger partial charge is 0.317 e. The molecule has 1 saturated heterocycles. The Balaban J connectivity index is 1.26. The number of hydrogen-bond acceptors (Lipinski definition) is 6. The van der Waals surface area contributed by atoms with Crippen LogP contribution in [0.1, 0.15) is 11.3 Å². The molecule has 9 heteroatoms. The van der Waals surface area contributed by atoms with Crippen LogP contribution in [-0.2, 0) is 6.54 Å². The molecular weight excluding hydrogens is 362 g/mol. The van der Waals surface area contributed by atoms with Crippen molar-refractivity contribution in [3.05, 3.63) is 53.7 Å². The molecule has 0 bridgehead atoms. The van der Waals surface area contributed by atoms with E-state index in [1.54, 1.807) is 30.1 Å². The molecule has 0 aliphatic carbocycles. The summed E-state index contributed by atoms with van der Waals surface area (Å²) in [5.74, 6) is 0.802. The Bertz CT molecular complexity index is 883. The summed E-state index contributed by atoms with van der Waals surface area (Å²) >= 11 is 1.66. The van der Waals surface area contributed by atoms with Crippen LogP contribution in [0, 0.1) is 6.92 Å². The van der Waals surface area contributed by atoms with Gasteiger partial charge in [0.25, 0.3) is 0 Å². The molecule has 0 spiro atoms. The number of thiazole rings is 1. The van der Waals surface area contributed by atoms with Crippen molar-refractivity contribution in [2.24, 2.45) is 0 Å². The highest BCUT2D eigenvalue weighted by Gasteiger charge is 2.22. The maximum atomic E-state index is 12.4. The zero-order chi connectivity index (χ0) is 18.6. The minimum atomic E-state index is -0.0383. The van der Waals surface area contributed by atoms with Crippen LogP contribution in [0.3, 0.4) is 0 Å². The number of amides is 2. The highest BCUT2D eigenvalue weighted by atomic mass is 32.1. The van der Waals surface area contributed by atoms with E-state index in [4.69, 9.17) is 0 Å². The molecule has 27 heavy (non-hydrogen) atoms. The third-order valence-corrected chi connectivity index (χ3v) is 5.49. The summed E-state index contributed by atoms with van der Waals surface area (Å²) in [4.78, 5) is 29.4. The Morgan fingerprint density at radius 1 is 1.26 bits per heavy atom. The molecule has 0 radical (unpaired) electrons. The number of carbonyl (C=O) groups excluding carboxylic acids is 1. The molecular formula is C18H21N7OS. The zero-order valence-electron chi connectivity index (χ0n) is 15.1. The second-order valence-corrected chi connectivity index (χ2v) is 7.24. The van der Waals surface area contributed by atoms with E-state index in [-0.39, 0.29) is 6.03 Å². The monoisotopic (exact) mass is 383 g/mol. The number of pyridine rings is 1. The zero-order valence-corrected chi connectivity index (χ0v) is 15.9. The molecule has 3 aromatic heterocycles. The number of piperazine rings is 1. The molecule has 0 saturated carbocycles. The first-order valence-corrected chi connectivity index (χ1v) is 9.70. The Labute approximate surface area is 161 Å². The summed E-state index contributed by atoms with van der Waals surface area (Å²) in [7, 11) is 0. The summed E-state index contributed by atoms with van der Waals surface area (Å²) in [6.07, 6.45) is 7.04. The van der Waals surface area contributed by atoms with Gasteiger partial charge in [0.1, 0.15) is 12.1 Å². The fourth-order valence-electron chi connectivity index (χ4n) is 2.95. The van der Waals surface area contributed by atoms with Crippen LogP contribution in [0.4, 0.5) is 9.93 Å². The van der Waals surface area contributed by atoms with Crippen LogP contribution >= 0.6 is 11.3 Å². The van der Waals surface area contributed by atoms with Gasteiger partial charge in [0, 0.05) is 56.7 Å². The third-order valence-electron chi connectivity index (χ3n) is 4.47. The lowest BCUT2D eigenvalue weighted by Crippen LogP contribution is -2.51. The molecule has 1 fully saturated rings. The van der Waals surface area contributed by atoms with Gasteiger partial charge in [-0.15, -0.1) is 11.3 Å². The SMILES string of the molecule is Cc1csc(N2CCN(C(=O)NCc3ccc(-n4ccnc4)nc3)CC2)n1. The molecule has 1 aliphatic heterocycles. The van der Waals surface area contributed by atoms with E-state index >= 15 is 0 Å². The van der Waals surface area contributed by atoms with Crippen LogP contribution in [0.2, 0.25) is 0 Å². The van der Waals surface area contributed by atoms with E-state index in [0.29, 0.717) is 19.6 Å². The Morgan fingerprint density at radius 2 is 2.11 bits per heavy atom. The molecule has 0 atom stereocenters. The van der Waals surface area contributed by atoms with Crippen LogP contribution < -0.4 is 10.2 Å². The van der Waals surface area contributed by atoms with Gasteiger partial charge in [0.2, 0.25) is 0 Å². The topological polar surface area (TPSA) is 79.2 Å². The normalized spacial score (nSPS) is 14.4. The molecule has 4 rings (SSSR count). The minimum Gasteiger partial charge on any atom is -0.345 e. The van der Waals surface area contributed by atoms with Crippen molar-refractivity contribution >= 4 is 22.5 Å². The maximum absolute atomic E-state index is 12.4. The van der Waals surface area contributed by atoms with Crippen molar-refractivity contribution in [1.82, 2.24) is 29.7 Å². The average molecular weight is 383 g/mol. The number of nitrogens with zero attached hydrogens (tertiary/aromatic N) is 6. The summed E-state index contributed by atoms with van der Waals surface area (Å²) < 4.78 is 1.84. The van der Waals surface area contributed by atoms with Crippen molar-refractivity contribution in [3.63, 3.8) is 0 Å². The van der Waals surface area contributed by atoms with Gasteiger partial charge in [-0.1, -0.05) is 6.07 Å². The molecule has 140 valence electrons. The molecule has 1 aliphatic rings. The molecule has 3 aromatic rings. The van der Waals surface area contributed by atoms with Gasteiger partial charge in [-0.25, -0.2) is 19.7 Å². The summed E-state index contributed by atoms with van der Waals surface area (Å²) in [5.41, 5.74) is 2.01. The average Bonchev–Trinajstić information content (AvgIpc) is 3.39. The molecule has 2 amide bonds. The first-order chi connectivity index (χ1) is 13.2. The van der Waals surface area contributed by atoms with Gasteiger partial charge < -0.3 is 15.1 Å². The lowest BCUT2D eigenvalue weighted by molar-refractivity contribution is 0.194. The summed E-state index contributed by atoms with van der Waals surface area (Å²) in [6.45, 7) is 5.47. The Kier molecular flexibility index (Phi) is 5.01. The predicted molar refractivity (Wildman–Crippen MR) is 104 cm³/mol. The number of aryl methyl sites for hydroxylation is 1. The highest BCUT2D eigenvalue weighted by molar-refractivity contribution is 7.13. The van der Waals surface area contributed by atoms with Crippen molar-refractivity contribution in [3.8, 4) is 5.82 Å².